The fraction of sp³-hybridized carbons (Fsp3) is 0.769. The average Bonchev–Trinajstić information content (AvgIpc) is 2.95. The second-order valence-corrected chi connectivity index (χ2v) is 5.74. The summed E-state index contributed by atoms with van der Waals surface area (Å²) in [4.78, 5) is 6.79. The van der Waals surface area contributed by atoms with Crippen LogP contribution in [0.15, 0.2) is 10.7 Å². The molecule has 0 saturated heterocycles. The number of oxazole rings is 1. The second kappa shape index (κ2) is 4.69. The first-order chi connectivity index (χ1) is 7.99. The van der Waals surface area contributed by atoms with Crippen molar-refractivity contribution < 1.29 is 4.42 Å². The molecule has 4 nitrogen and oxygen atoms in total. The molecule has 0 radical (unpaired) electrons. The molecule has 96 valence electrons. The van der Waals surface area contributed by atoms with Gasteiger partial charge < -0.3 is 14.6 Å². The van der Waals surface area contributed by atoms with Gasteiger partial charge in [0.2, 0.25) is 0 Å². The number of aromatic nitrogens is 1. The summed E-state index contributed by atoms with van der Waals surface area (Å²) in [5.41, 5.74) is 1.09. The highest BCUT2D eigenvalue weighted by molar-refractivity contribution is 5.31. The minimum Gasteiger partial charge on any atom is -0.432 e. The maximum atomic E-state index is 5.56. The molecule has 1 saturated carbocycles. The number of nitrogens with zero attached hydrogens (tertiary/aromatic N) is 2. The summed E-state index contributed by atoms with van der Waals surface area (Å²) in [6.07, 6.45) is 4.30. The second-order valence-electron chi connectivity index (χ2n) is 5.74. The lowest BCUT2D eigenvalue weighted by atomic mass is 10.1. The van der Waals surface area contributed by atoms with Gasteiger partial charge in [0, 0.05) is 24.7 Å². The molecule has 17 heavy (non-hydrogen) atoms. The van der Waals surface area contributed by atoms with Gasteiger partial charge in [0.15, 0.2) is 0 Å². The SMILES string of the molecule is CCN(c1nc(CNC(C)(C)C)co1)C1CC1. The van der Waals surface area contributed by atoms with Crippen LogP contribution in [0.1, 0.15) is 46.2 Å². The Morgan fingerprint density at radius 2 is 2.18 bits per heavy atom. The number of anilines is 1. The van der Waals surface area contributed by atoms with Crippen LogP contribution in [-0.4, -0.2) is 23.1 Å². The first kappa shape index (κ1) is 12.4. The standard InChI is InChI=1S/C13H23N3O/c1-5-16(11-6-7-11)12-15-10(9-17-12)8-14-13(2,3)4/h9,11,14H,5-8H2,1-4H3. The van der Waals surface area contributed by atoms with Crippen LogP contribution in [0, 0.1) is 0 Å². The van der Waals surface area contributed by atoms with Gasteiger partial charge in [-0.25, -0.2) is 0 Å². The number of nitrogens with one attached hydrogen (secondary N) is 1. The summed E-state index contributed by atoms with van der Waals surface area (Å²) in [6, 6.07) is 1.43. The lowest BCUT2D eigenvalue weighted by Gasteiger charge is -2.19. The predicted molar refractivity (Wildman–Crippen MR) is 69.1 cm³/mol. The molecule has 0 aliphatic heterocycles. The van der Waals surface area contributed by atoms with Crippen LogP contribution in [0.5, 0.6) is 0 Å². The molecule has 1 aliphatic rings. The lowest BCUT2D eigenvalue weighted by Crippen LogP contribution is -2.35. The Morgan fingerprint density at radius 1 is 1.47 bits per heavy atom. The molecule has 0 bridgehead atoms. The Hall–Kier alpha value is -1.03. The molecule has 4 heteroatoms. The van der Waals surface area contributed by atoms with E-state index in [1.165, 1.54) is 12.8 Å². The van der Waals surface area contributed by atoms with E-state index >= 15 is 0 Å². The Bertz CT molecular complexity index is 363. The number of hydrogen-bond acceptors (Lipinski definition) is 4. The quantitative estimate of drug-likeness (QED) is 0.854. The van der Waals surface area contributed by atoms with Crippen molar-refractivity contribution in [2.24, 2.45) is 0 Å². The monoisotopic (exact) mass is 237 g/mol. The summed E-state index contributed by atoms with van der Waals surface area (Å²) < 4.78 is 5.56. The van der Waals surface area contributed by atoms with E-state index in [1.807, 2.05) is 0 Å². The Balaban J connectivity index is 1.95. The normalized spacial score (nSPS) is 16.2. The zero-order valence-corrected chi connectivity index (χ0v) is 11.3. The molecular weight excluding hydrogens is 214 g/mol. The van der Waals surface area contributed by atoms with E-state index in [9.17, 15) is 0 Å². The molecule has 0 aromatic carbocycles. The smallest absolute Gasteiger partial charge is 0.297 e. The van der Waals surface area contributed by atoms with Crippen LogP contribution in [-0.2, 0) is 6.54 Å². The average molecular weight is 237 g/mol. The van der Waals surface area contributed by atoms with E-state index in [4.69, 9.17) is 4.42 Å². The van der Waals surface area contributed by atoms with Crippen molar-refractivity contribution in [2.45, 2.75) is 58.7 Å². The van der Waals surface area contributed by atoms with E-state index in [2.05, 4.69) is 42.9 Å². The van der Waals surface area contributed by atoms with Gasteiger partial charge in [-0.15, -0.1) is 0 Å². The first-order valence-electron chi connectivity index (χ1n) is 6.45. The third kappa shape index (κ3) is 3.46. The van der Waals surface area contributed by atoms with Crippen LogP contribution in [0.25, 0.3) is 0 Å². The third-order valence-corrected chi connectivity index (χ3v) is 2.91. The van der Waals surface area contributed by atoms with Gasteiger partial charge in [0.25, 0.3) is 6.01 Å². The highest BCUT2D eigenvalue weighted by atomic mass is 16.4. The molecular formula is C13H23N3O. The highest BCUT2D eigenvalue weighted by Crippen LogP contribution is 2.30. The van der Waals surface area contributed by atoms with E-state index < -0.39 is 0 Å². The van der Waals surface area contributed by atoms with Crippen molar-refractivity contribution >= 4 is 6.01 Å². The van der Waals surface area contributed by atoms with Crippen LogP contribution in [0.3, 0.4) is 0 Å². The van der Waals surface area contributed by atoms with Crippen molar-refractivity contribution in [3.63, 3.8) is 0 Å². The molecule has 0 amide bonds. The predicted octanol–water partition coefficient (Wildman–Crippen LogP) is 2.55. The molecule has 0 unspecified atom stereocenters. The maximum absolute atomic E-state index is 5.56. The summed E-state index contributed by atoms with van der Waals surface area (Å²) >= 11 is 0. The summed E-state index contributed by atoms with van der Waals surface area (Å²) in [6.45, 7) is 10.3. The Labute approximate surface area is 103 Å². The highest BCUT2D eigenvalue weighted by Gasteiger charge is 2.30. The summed E-state index contributed by atoms with van der Waals surface area (Å²) in [5, 5.41) is 3.41. The van der Waals surface area contributed by atoms with Gasteiger partial charge in [-0.2, -0.15) is 4.98 Å². The van der Waals surface area contributed by atoms with E-state index in [0.717, 1.165) is 24.8 Å². The largest absolute Gasteiger partial charge is 0.432 e. The fourth-order valence-corrected chi connectivity index (χ4v) is 1.80. The van der Waals surface area contributed by atoms with Gasteiger partial charge in [0.1, 0.15) is 6.26 Å². The molecule has 1 aromatic rings. The van der Waals surface area contributed by atoms with Crippen molar-refractivity contribution in [2.75, 3.05) is 11.4 Å². The number of hydrogen-bond donors (Lipinski definition) is 1. The topological polar surface area (TPSA) is 41.3 Å². The molecule has 2 rings (SSSR count). The van der Waals surface area contributed by atoms with E-state index in [-0.39, 0.29) is 5.54 Å². The minimum absolute atomic E-state index is 0.111. The van der Waals surface area contributed by atoms with E-state index in [1.54, 1.807) is 6.26 Å². The maximum Gasteiger partial charge on any atom is 0.297 e. The molecule has 1 heterocycles. The van der Waals surface area contributed by atoms with Crippen molar-refractivity contribution in [3.05, 3.63) is 12.0 Å². The van der Waals surface area contributed by atoms with Gasteiger partial charge >= 0.3 is 0 Å². The first-order valence-corrected chi connectivity index (χ1v) is 6.45. The molecule has 0 atom stereocenters. The molecule has 1 N–H and O–H groups in total. The van der Waals surface area contributed by atoms with Crippen molar-refractivity contribution in [1.82, 2.24) is 10.3 Å². The van der Waals surface area contributed by atoms with E-state index in [0.29, 0.717) is 6.04 Å². The fourth-order valence-electron chi connectivity index (χ4n) is 1.80. The minimum atomic E-state index is 0.111. The van der Waals surface area contributed by atoms with Gasteiger partial charge in [-0.3, -0.25) is 0 Å². The van der Waals surface area contributed by atoms with Crippen molar-refractivity contribution in [3.8, 4) is 0 Å². The van der Waals surface area contributed by atoms with Gasteiger partial charge in [-0.1, -0.05) is 0 Å². The van der Waals surface area contributed by atoms with Gasteiger partial charge in [-0.05, 0) is 40.5 Å². The molecule has 0 spiro atoms. The molecule has 1 aromatic heterocycles. The van der Waals surface area contributed by atoms with Crippen LogP contribution in [0.4, 0.5) is 6.01 Å². The van der Waals surface area contributed by atoms with Crippen molar-refractivity contribution in [1.29, 1.82) is 0 Å². The zero-order chi connectivity index (χ0) is 12.5. The lowest BCUT2D eigenvalue weighted by molar-refractivity contribution is 0.421. The third-order valence-electron chi connectivity index (χ3n) is 2.91. The zero-order valence-electron chi connectivity index (χ0n) is 11.3. The Kier molecular flexibility index (Phi) is 3.43. The number of rotatable bonds is 5. The molecule has 1 fully saturated rings. The van der Waals surface area contributed by atoms with Crippen LogP contribution < -0.4 is 10.2 Å². The summed E-state index contributed by atoms with van der Waals surface area (Å²) in [5.74, 6) is 0. The Morgan fingerprint density at radius 3 is 2.71 bits per heavy atom. The van der Waals surface area contributed by atoms with Crippen LogP contribution in [0.2, 0.25) is 0 Å². The summed E-state index contributed by atoms with van der Waals surface area (Å²) in [7, 11) is 0. The van der Waals surface area contributed by atoms with Gasteiger partial charge in [0.05, 0.1) is 5.69 Å². The van der Waals surface area contributed by atoms with Crippen LogP contribution >= 0.6 is 0 Å². The molecule has 1 aliphatic carbocycles.